The van der Waals surface area contributed by atoms with Gasteiger partial charge in [-0.3, -0.25) is 19.7 Å². The molecule has 0 unspecified atom stereocenters. The summed E-state index contributed by atoms with van der Waals surface area (Å²) in [4.78, 5) is 35.2. The van der Waals surface area contributed by atoms with Crippen LogP contribution >= 0.6 is 0 Å². The van der Waals surface area contributed by atoms with Crippen LogP contribution in [0.2, 0.25) is 0 Å². The van der Waals surface area contributed by atoms with Crippen molar-refractivity contribution in [1.82, 2.24) is 10.3 Å². The van der Waals surface area contributed by atoms with Crippen molar-refractivity contribution in [3.8, 4) is 5.75 Å². The van der Waals surface area contributed by atoms with Crippen LogP contribution in [0.25, 0.3) is 0 Å². The highest BCUT2D eigenvalue weighted by molar-refractivity contribution is 6.35. The molecule has 9 nitrogen and oxygen atoms in total. The number of nitro benzene ring substituents is 1. The molecule has 0 aromatic heterocycles. The first-order chi connectivity index (χ1) is 11.0. The van der Waals surface area contributed by atoms with Gasteiger partial charge in [0.15, 0.2) is 5.75 Å². The summed E-state index contributed by atoms with van der Waals surface area (Å²) in [7, 11) is 1.33. The molecule has 9 heteroatoms. The van der Waals surface area contributed by atoms with Crippen molar-refractivity contribution in [3.05, 3.63) is 33.9 Å². The summed E-state index contributed by atoms with van der Waals surface area (Å²) in [6.45, 7) is 1.14. The minimum Gasteiger partial charge on any atom is -0.490 e. The Labute approximate surface area is 132 Å². The molecule has 23 heavy (non-hydrogen) atoms. The summed E-state index contributed by atoms with van der Waals surface area (Å²) < 4.78 is 4.89. The number of nitrogens with one attached hydrogen (secondary N) is 1. The molecule has 0 aliphatic carbocycles. The van der Waals surface area contributed by atoms with Crippen molar-refractivity contribution in [3.63, 3.8) is 0 Å². The maximum atomic E-state index is 11.7. The van der Waals surface area contributed by atoms with Gasteiger partial charge in [0.25, 0.3) is 0 Å². The third kappa shape index (κ3) is 4.02. The van der Waals surface area contributed by atoms with Crippen LogP contribution in [0.1, 0.15) is 18.4 Å². The number of methoxy groups -OCH3 is 1. The lowest BCUT2D eigenvalue weighted by molar-refractivity contribution is -0.385. The van der Waals surface area contributed by atoms with E-state index in [1.165, 1.54) is 30.4 Å². The summed E-state index contributed by atoms with van der Waals surface area (Å²) in [6.07, 6.45) is 3.00. The Bertz CT molecular complexity index is 653. The average molecular weight is 320 g/mol. The van der Waals surface area contributed by atoms with Gasteiger partial charge in [0, 0.05) is 24.7 Å². The van der Waals surface area contributed by atoms with Crippen LogP contribution in [0.5, 0.6) is 5.75 Å². The van der Waals surface area contributed by atoms with E-state index in [4.69, 9.17) is 4.74 Å². The highest BCUT2D eigenvalue weighted by atomic mass is 16.6. The molecular formula is C14H16N4O5. The number of nitrogens with zero attached hydrogens (tertiary/aromatic N) is 3. The summed E-state index contributed by atoms with van der Waals surface area (Å²) >= 11 is 0. The molecule has 1 aromatic rings. The van der Waals surface area contributed by atoms with Crippen molar-refractivity contribution in [2.75, 3.05) is 20.2 Å². The van der Waals surface area contributed by atoms with Crippen molar-refractivity contribution in [2.45, 2.75) is 12.8 Å². The zero-order valence-corrected chi connectivity index (χ0v) is 12.5. The number of amides is 2. The zero-order chi connectivity index (χ0) is 16.8. The van der Waals surface area contributed by atoms with E-state index >= 15 is 0 Å². The fourth-order valence-corrected chi connectivity index (χ4v) is 2.21. The monoisotopic (exact) mass is 320 g/mol. The second-order valence-electron chi connectivity index (χ2n) is 4.89. The minimum absolute atomic E-state index is 0.125. The molecule has 122 valence electrons. The molecule has 0 spiro atoms. The summed E-state index contributed by atoms with van der Waals surface area (Å²) in [6, 6.07) is 4.23. The molecule has 1 heterocycles. The maximum Gasteiger partial charge on any atom is 0.329 e. The predicted octanol–water partition coefficient (Wildman–Crippen LogP) is 0.676. The number of ether oxygens (including phenoxy) is 1. The standard InChI is InChI=1S/C14H16N4O5/c1-23-12-5-4-10(8-11(12)18(21)22)9-15-16-13(19)14(20)17-6-2-3-7-17/h4-5,8-9H,2-3,6-7H2,1H3,(H,16,19)/b15-9+. The molecule has 2 amide bonds. The topological polar surface area (TPSA) is 114 Å². The van der Waals surface area contributed by atoms with Crippen molar-refractivity contribution >= 4 is 23.7 Å². The second-order valence-corrected chi connectivity index (χ2v) is 4.89. The van der Waals surface area contributed by atoms with Crippen LogP contribution in [-0.2, 0) is 9.59 Å². The number of hydrazone groups is 1. The lowest BCUT2D eigenvalue weighted by Gasteiger charge is -2.12. The molecule has 1 fully saturated rings. The first kappa shape index (κ1) is 16.4. The Hall–Kier alpha value is -2.97. The Balaban J connectivity index is 2.00. The van der Waals surface area contributed by atoms with Crippen LogP contribution in [0.3, 0.4) is 0 Å². The van der Waals surface area contributed by atoms with E-state index in [1.54, 1.807) is 6.07 Å². The van der Waals surface area contributed by atoms with Gasteiger partial charge in [-0.2, -0.15) is 5.10 Å². The van der Waals surface area contributed by atoms with Crippen molar-refractivity contribution < 1.29 is 19.2 Å². The molecule has 1 N–H and O–H groups in total. The van der Waals surface area contributed by atoms with Gasteiger partial charge in [-0.25, -0.2) is 5.43 Å². The van der Waals surface area contributed by atoms with Gasteiger partial charge in [0.2, 0.25) is 0 Å². The Kier molecular flexibility index (Phi) is 5.23. The largest absolute Gasteiger partial charge is 0.490 e. The number of nitro groups is 1. The molecule has 0 atom stereocenters. The normalized spacial score (nSPS) is 14.0. The smallest absolute Gasteiger partial charge is 0.329 e. The fourth-order valence-electron chi connectivity index (χ4n) is 2.21. The van der Waals surface area contributed by atoms with Gasteiger partial charge >= 0.3 is 17.5 Å². The first-order valence-electron chi connectivity index (χ1n) is 6.97. The van der Waals surface area contributed by atoms with E-state index in [-0.39, 0.29) is 11.4 Å². The van der Waals surface area contributed by atoms with E-state index in [2.05, 4.69) is 10.5 Å². The molecular weight excluding hydrogens is 304 g/mol. The average Bonchev–Trinajstić information content (AvgIpc) is 3.08. The van der Waals surface area contributed by atoms with E-state index in [0.29, 0.717) is 18.7 Å². The van der Waals surface area contributed by atoms with E-state index in [0.717, 1.165) is 12.8 Å². The zero-order valence-electron chi connectivity index (χ0n) is 12.5. The third-order valence-electron chi connectivity index (χ3n) is 3.37. The summed E-state index contributed by atoms with van der Waals surface area (Å²) in [5.74, 6) is -1.33. The maximum absolute atomic E-state index is 11.7. The Morgan fingerprint density at radius 3 is 2.70 bits per heavy atom. The van der Waals surface area contributed by atoms with Gasteiger partial charge < -0.3 is 9.64 Å². The van der Waals surface area contributed by atoms with Crippen LogP contribution < -0.4 is 10.2 Å². The van der Waals surface area contributed by atoms with E-state index in [1.807, 2.05) is 0 Å². The van der Waals surface area contributed by atoms with Crippen molar-refractivity contribution in [2.24, 2.45) is 5.10 Å². The lowest BCUT2D eigenvalue weighted by atomic mass is 10.2. The molecule has 1 aliphatic rings. The van der Waals surface area contributed by atoms with Gasteiger partial charge in [-0.15, -0.1) is 0 Å². The molecule has 1 aromatic carbocycles. The molecule has 1 aliphatic heterocycles. The van der Waals surface area contributed by atoms with Crippen LogP contribution in [0, 0.1) is 10.1 Å². The van der Waals surface area contributed by atoms with Crippen LogP contribution in [0.4, 0.5) is 5.69 Å². The highest BCUT2D eigenvalue weighted by Crippen LogP contribution is 2.26. The number of likely N-dealkylation sites (tertiary alicyclic amines) is 1. The molecule has 1 saturated heterocycles. The van der Waals surface area contributed by atoms with E-state index in [9.17, 15) is 19.7 Å². The molecule has 0 saturated carbocycles. The van der Waals surface area contributed by atoms with E-state index < -0.39 is 16.7 Å². The third-order valence-corrected chi connectivity index (χ3v) is 3.37. The Morgan fingerprint density at radius 2 is 2.09 bits per heavy atom. The summed E-state index contributed by atoms with van der Waals surface area (Å²) in [5, 5.41) is 14.6. The van der Waals surface area contributed by atoms with Gasteiger partial charge in [0.05, 0.1) is 18.2 Å². The summed E-state index contributed by atoms with van der Waals surface area (Å²) in [5.41, 5.74) is 2.31. The lowest BCUT2D eigenvalue weighted by Crippen LogP contribution is -2.39. The SMILES string of the molecule is COc1ccc(/C=N/NC(=O)C(=O)N2CCCC2)cc1[N+](=O)[O-]. The predicted molar refractivity (Wildman–Crippen MR) is 81.2 cm³/mol. The fraction of sp³-hybridized carbons (Fsp3) is 0.357. The van der Waals surface area contributed by atoms with Crippen LogP contribution in [0.15, 0.2) is 23.3 Å². The second kappa shape index (κ2) is 7.34. The van der Waals surface area contributed by atoms with Gasteiger partial charge in [-0.1, -0.05) is 0 Å². The minimum atomic E-state index is -0.828. The number of hydrogen-bond donors (Lipinski definition) is 1. The van der Waals surface area contributed by atoms with Gasteiger partial charge in [-0.05, 0) is 25.0 Å². The van der Waals surface area contributed by atoms with Crippen LogP contribution in [-0.4, -0.2) is 48.1 Å². The molecule has 0 bridgehead atoms. The molecule has 2 rings (SSSR count). The quantitative estimate of drug-likeness (QED) is 0.379. The number of hydrogen-bond acceptors (Lipinski definition) is 6. The molecule has 0 radical (unpaired) electrons. The number of carbonyl (C=O) groups excluding carboxylic acids is 2. The number of benzene rings is 1. The van der Waals surface area contributed by atoms with Crippen molar-refractivity contribution in [1.29, 1.82) is 0 Å². The highest BCUT2D eigenvalue weighted by Gasteiger charge is 2.24. The number of carbonyl (C=O) groups is 2. The Morgan fingerprint density at radius 1 is 1.39 bits per heavy atom. The first-order valence-corrected chi connectivity index (χ1v) is 6.97. The van der Waals surface area contributed by atoms with Gasteiger partial charge in [0.1, 0.15) is 0 Å². The number of rotatable bonds is 4.